The minimum atomic E-state index is -0.207. The van der Waals surface area contributed by atoms with Crippen LogP contribution in [0.5, 0.6) is 0 Å². The van der Waals surface area contributed by atoms with Gasteiger partial charge in [0.2, 0.25) is 0 Å². The van der Waals surface area contributed by atoms with Gasteiger partial charge in [0.25, 0.3) is 5.91 Å². The summed E-state index contributed by atoms with van der Waals surface area (Å²) in [5, 5.41) is 2.89. The van der Waals surface area contributed by atoms with E-state index in [4.69, 9.17) is 0 Å². The van der Waals surface area contributed by atoms with Crippen molar-refractivity contribution in [3.05, 3.63) is 57.9 Å². The van der Waals surface area contributed by atoms with Gasteiger partial charge in [-0.05, 0) is 50.5 Å². The van der Waals surface area contributed by atoms with Crippen LogP contribution in [0, 0.1) is 20.8 Å². The van der Waals surface area contributed by atoms with Crippen molar-refractivity contribution in [2.75, 3.05) is 0 Å². The summed E-state index contributed by atoms with van der Waals surface area (Å²) in [5.74, 6) is -0.266. The zero-order chi connectivity index (χ0) is 15.6. The topological polar surface area (TPSA) is 62.0 Å². The summed E-state index contributed by atoms with van der Waals surface area (Å²) in [6, 6.07) is 5.79. The third-order valence-electron chi connectivity index (χ3n) is 3.60. The lowest BCUT2D eigenvalue weighted by atomic mass is 10.00. The lowest BCUT2D eigenvalue weighted by Gasteiger charge is -2.12. The van der Waals surface area contributed by atoms with Crippen LogP contribution in [0.1, 0.15) is 50.0 Å². The van der Waals surface area contributed by atoms with Crippen molar-refractivity contribution in [1.82, 2.24) is 10.3 Å². The fraction of sp³-hybridized carbons (Fsp3) is 0.294. The van der Waals surface area contributed by atoms with Crippen LogP contribution in [-0.4, -0.2) is 16.7 Å². The Kier molecular flexibility index (Phi) is 4.26. The molecule has 0 saturated heterocycles. The number of benzene rings is 1. The molecule has 1 amide bonds. The van der Waals surface area contributed by atoms with Crippen molar-refractivity contribution < 1.29 is 9.59 Å². The van der Waals surface area contributed by atoms with Crippen molar-refractivity contribution in [3.8, 4) is 0 Å². The number of rotatable bonds is 4. The summed E-state index contributed by atoms with van der Waals surface area (Å²) in [5.41, 5.74) is 5.61. The van der Waals surface area contributed by atoms with E-state index >= 15 is 0 Å². The Hall–Kier alpha value is -2.36. The zero-order valence-electron chi connectivity index (χ0n) is 12.8. The predicted molar refractivity (Wildman–Crippen MR) is 82.6 cm³/mol. The molecule has 4 nitrogen and oxygen atoms in total. The number of hydrogen-bond donors (Lipinski definition) is 2. The summed E-state index contributed by atoms with van der Waals surface area (Å²) in [7, 11) is 0. The third kappa shape index (κ3) is 3.40. The molecular weight excluding hydrogens is 264 g/mol. The summed E-state index contributed by atoms with van der Waals surface area (Å²) >= 11 is 0. The highest BCUT2D eigenvalue weighted by atomic mass is 16.2. The first kappa shape index (κ1) is 15.0. The molecule has 2 rings (SSSR count). The molecule has 0 saturated carbocycles. The van der Waals surface area contributed by atoms with E-state index in [0.29, 0.717) is 17.8 Å². The van der Waals surface area contributed by atoms with Gasteiger partial charge in [0, 0.05) is 18.3 Å². The van der Waals surface area contributed by atoms with E-state index in [-0.39, 0.29) is 11.7 Å². The number of H-pyrrole nitrogens is 1. The lowest BCUT2D eigenvalue weighted by molar-refractivity contribution is 0.0946. The van der Waals surface area contributed by atoms with Gasteiger partial charge in [0.05, 0.1) is 0 Å². The number of aromatic amines is 1. The molecule has 0 spiro atoms. The van der Waals surface area contributed by atoms with E-state index < -0.39 is 0 Å². The van der Waals surface area contributed by atoms with Crippen LogP contribution >= 0.6 is 0 Å². The smallest absolute Gasteiger partial charge is 0.267 e. The minimum absolute atomic E-state index is 0.0597. The van der Waals surface area contributed by atoms with E-state index in [1.165, 1.54) is 23.6 Å². The van der Waals surface area contributed by atoms with Crippen LogP contribution in [-0.2, 0) is 6.54 Å². The highest BCUT2D eigenvalue weighted by Crippen LogP contribution is 2.16. The molecule has 0 atom stereocenters. The SMILES string of the molecule is CC(=O)c1c[nH]c(C(=O)NCc2c(C)cc(C)cc2C)c1. The van der Waals surface area contributed by atoms with Crippen LogP contribution < -0.4 is 5.32 Å². The first-order valence-electron chi connectivity index (χ1n) is 6.92. The van der Waals surface area contributed by atoms with Gasteiger partial charge >= 0.3 is 0 Å². The molecule has 0 aliphatic carbocycles. The van der Waals surface area contributed by atoms with Crippen molar-refractivity contribution in [3.63, 3.8) is 0 Å². The first-order chi connectivity index (χ1) is 9.88. The zero-order valence-corrected chi connectivity index (χ0v) is 12.8. The standard InChI is InChI=1S/C17H20N2O2/c1-10-5-11(2)15(12(3)6-10)9-19-17(21)16-7-14(8-18-16)13(4)20/h5-8,18H,9H2,1-4H3,(H,19,21). The molecule has 0 aliphatic heterocycles. The first-order valence-corrected chi connectivity index (χ1v) is 6.92. The molecule has 0 bridgehead atoms. The number of Topliss-reactive ketones (excluding diaryl/α,β-unsaturated/α-hetero) is 1. The van der Waals surface area contributed by atoms with Crippen LogP contribution in [0.25, 0.3) is 0 Å². The van der Waals surface area contributed by atoms with Gasteiger partial charge in [-0.1, -0.05) is 17.7 Å². The van der Waals surface area contributed by atoms with Gasteiger partial charge in [0.1, 0.15) is 5.69 Å². The summed E-state index contributed by atoms with van der Waals surface area (Å²) < 4.78 is 0. The minimum Gasteiger partial charge on any atom is -0.356 e. The Morgan fingerprint density at radius 2 is 1.71 bits per heavy atom. The molecule has 0 unspecified atom stereocenters. The van der Waals surface area contributed by atoms with Gasteiger partial charge < -0.3 is 10.3 Å². The maximum Gasteiger partial charge on any atom is 0.267 e. The van der Waals surface area contributed by atoms with E-state index in [1.54, 1.807) is 12.3 Å². The Morgan fingerprint density at radius 1 is 1.10 bits per heavy atom. The van der Waals surface area contributed by atoms with Crippen LogP contribution in [0.4, 0.5) is 0 Å². The maximum atomic E-state index is 12.1. The second kappa shape index (κ2) is 5.95. The van der Waals surface area contributed by atoms with Gasteiger partial charge in [-0.25, -0.2) is 0 Å². The fourth-order valence-corrected chi connectivity index (χ4v) is 2.48. The summed E-state index contributed by atoms with van der Waals surface area (Å²) in [6.07, 6.45) is 1.56. The Morgan fingerprint density at radius 3 is 2.24 bits per heavy atom. The van der Waals surface area contributed by atoms with Crippen molar-refractivity contribution in [2.45, 2.75) is 34.2 Å². The van der Waals surface area contributed by atoms with E-state index in [9.17, 15) is 9.59 Å². The van der Waals surface area contributed by atoms with Crippen molar-refractivity contribution in [2.24, 2.45) is 0 Å². The van der Waals surface area contributed by atoms with Crippen LogP contribution in [0.3, 0.4) is 0 Å². The molecule has 4 heteroatoms. The Labute approximate surface area is 124 Å². The second-order valence-corrected chi connectivity index (χ2v) is 5.42. The normalized spacial score (nSPS) is 10.5. The molecule has 2 N–H and O–H groups in total. The highest BCUT2D eigenvalue weighted by molar-refractivity contribution is 5.99. The number of aryl methyl sites for hydroxylation is 3. The quantitative estimate of drug-likeness (QED) is 0.848. The van der Waals surface area contributed by atoms with Crippen LogP contribution in [0.15, 0.2) is 24.4 Å². The largest absolute Gasteiger partial charge is 0.356 e. The molecule has 1 aromatic heterocycles. The third-order valence-corrected chi connectivity index (χ3v) is 3.60. The molecular formula is C17H20N2O2. The van der Waals surface area contributed by atoms with E-state index in [0.717, 1.165) is 5.56 Å². The molecule has 1 heterocycles. The molecule has 0 aliphatic rings. The molecule has 0 radical (unpaired) electrons. The number of carbonyl (C=O) groups is 2. The summed E-state index contributed by atoms with van der Waals surface area (Å²) in [6.45, 7) is 8.10. The number of ketones is 1. The predicted octanol–water partition coefficient (Wildman–Crippen LogP) is 3.07. The number of aromatic nitrogens is 1. The number of carbonyl (C=O) groups excluding carboxylic acids is 2. The molecule has 21 heavy (non-hydrogen) atoms. The van der Waals surface area contributed by atoms with Gasteiger partial charge in [-0.15, -0.1) is 0 Å². The molecule has 110 valence electrons. The second-order valence-electron chi connectivity index (χ2n) is 5.42. The van der Waals surface area contributed by atoms with Gasteiger partial charge in [-0.3, -0.25) is 9.59 Å². The Bertz CT molecular complexity index is 676. The highest BCUT2D eigenvalue weighted by Gasteiger charge is 2.11. The monoisotopic (exact) mass is 284 g/mol. The van der Waals surface area contributed by atoms with E-state index in [1.807, 2.05) is 13.8 Å². The molecule has 0 fully saturated rings. The molecule has 1 aromatic carbocycles. The molecule has 2 aromatic rings. The lowest BCUT2D eigenvalue weighted by Crippen LogP contribution is -2.24. The average molecular weight is 284 g/mol. The van der Waals surface area contributed by atoms with Gasteiger partial charge in [-0.2, -0.15) is 0 Å². The summed E-state index contributed by atoms with van der Waals surface area (Å²) in [4.78, 5) is 26.1. The number of hydrogen-bond acceptors (Lipinski definition) is 2. The Balaban J connectivity index is 2.09. The van der Waals surface area contributed by atoms with Crippen LogP contribution in [0.2, 0.25) is 0 Å². The van der Waals surface area contributed by atoms with E-state index in [2.05, 4.69) is 29.4 Å². The number of nitrogens with one attached hydrogen (secondary N) is 2. The average Bonchev–Trinajstić information content (AvgIpc) is 2.86. The van der Waals surface area contributed by atoms with Crippen molar-refractivity contribution >= 4 is 11.7 Å². The number of amides is 1. The van der Waals surface area contributed by atoms with Crippen molar-refractivity contribution in [1.29, 1.82) is 0 Å². The maximum absolute atomic E-state index is 12.1. The fourth-order valence-electron chi connectivity index (χ4n) is 2.48. The van der Waals surface area contributed by atoms with Gasteiger partial charge in [0.15, 0.2) is 5.78 Å².